The minimum absolute atomic E-state index is 0.0627. The Morgan fingerprint density at radius 1 is 1.20 bits per heavy atom. The third kappa shape index (κ3) is 4.23. The van der Waals surface area contributed by atoms with Gasteiger partial charge in [0.25, 0.3) is 10.9 Å². The Bertz CT molecular complexity index is 927. The summed E-state index contributed by atoms with van der Waals surface area (Å²) < 4.78 is 5.50. The van der Waals surface area contributed by atoms with E-state index in [-0.39, 0.29) is 22.4 Å². The molecule has 0 radical (unpaired) electrons. The van der Waals surface area contributed by atoms with E-state index < -0.39 is 4.92 Å². The van der Waals surface area contributed by atoms with Crippen LogP contribution in [0, 0.1) is 10.1 Å². The van der Waals surface area contributed by atoms with Gasteiger partial charge in [-0.05, 0) is 30.3 Å². The van der Waals surface area contributed by atoms with E-state index in [1.165, 1.54) is 24.3 Å². The Hall–Kier alpha value is -2.71. The van der Waals surface area contributed by atoms with E-state index >= 15 is 0 Å². The van der Waals surface area contributed by atoms with Crippen LogP contribution in [-0.4, -0.2) is 26.7 Å². The minimum atomic E-state index is -0.515. The number of carbonyl (C=O) groups is 1. The van der Waals surface area contributed by atoms with Gasteiger partial charge in [0.05, 0.1) is 10.7 Å². The van der Waals surface area contributed by atoms with E-state index in [0.29, 0.717) is 22.0 Å². The van der Waals surface area contributed by atoms with Crippen LogP contribution in [0.3, 0.4) is 0 Å². The largest absolute Gasteiger partial charge is 0.411 e. The van der Waals surface area contributed by atoms with Gasteiger partial charge in [-0.15, -0.1) is 10.2 Å². The molecule has 126 valence electrons. The lowest BCUT2D eigenvalue weighted by Gasteiger charge is -1.99. The second-order valence-electron chi connectivity index (χ2n) is 4.90. The molecule has 0 saturated carbocycles. The summed E-state index contributed by atoms with van der Waals surface area (Å²) in [7, 11) is 0. The average Bonchev–Trinajstić information content (AvgIpc) is 3.09. The molecule has 0 N–H and O–H groups in total. The number of benzene rings is 2. The van der Waals surface area contributed by atoms with E-state index in [0.717, 1.165) is 11.8 Å². The monoisotopic (exact) mass is 375 g/mol. The summed E-state index contributed by atoms with van der Waals surface area (Å²) >= 11 is 7.02. The molecule has 3 rings (SSSR count). The molecule has 0 bridgehead atoms. The standard InChI is InChI=1S/C16H10ClN3O4S/c17-12-3-1-2-11(8-12)15-18-19-16(24-15)25-9-14(21)10-4-6-13(7-5-10)20(22)23/h1-8H,9H2. The number of Topliss-reactive ketones (excluding diaryl/α,β-unsaturated/α-hetero) is 1. The summed E-state index contributed by atoms with van der Waals surface area (Å²) in [6.07, 6.45) is 0. The molecule has 0 fully saturated rings. The number of thioether (sulfide) groups is 1. The van der Waals surface area contributed by atoms with Gasteiger partial charge in [0, 0.05) is 28.3 Å². The highest BCUT2D eigenvalue weighted by Gasteiger charge is 2.14. The molecule has 1 heterocycles. The summed E-state index contributed by atoms with van der Waals surface area (Å²) in [5.74, 6) is 0.199. The summed E-state index contributed by atoms with van der Waals surface area (Å²) in [5, 5.41) is 19.2. The molecule has 0 aliphatic rings. The molecule has 0 saturated heterocycles. The average molecular weight is 376 g/mol. The van der Waals surface area contributed by atoms with Crippen molar-refractivity contribution in [1.82, 2.24) is 10.2 Å². The van der Waals surface area contributed by atoms with Gasteiger partial charge in [0.1, 0.15) is 0 Å². The Morgan fingerprint density at radius 3 is 2.64 bits per heavy atom. The van der Waals surface area contributed by atoms with Gasteiger partial charge in [-0.25, -0.2) is 0 Å². The van der Waals surface area contributed by atoms with Crippen molar-refractivity contribution in [3.63, 3.8) is 0 Å². The van der Waals surface area contributed by atoms with Crippen LogP contribution < -0.4 is 0 Å². The predicted octanol–water partition coefficient (Wildman–Crippen LogP) is 4.27. The fourth-order valence-corrected chi connectivity index (χ4v) is 2.83. The van der Waals surface area contributed by atoms with Gasteiger partial charge in [-0.3, -0.25) is 14.9 Å². The second-order valence-corrected chi connectivity index (χ2v) is 6.26. The molecule has 25 heavy (non-hydrogen) atoms. The van der Waals surface area contributed by atoms with Crippen molar-refractivity contribution in [1.29, 1.82) is 0 Å². The van der Waals surface area contributed by atoms with Gasteiger partial charge >= 0.3 is 0 Å². The lowest BCUT2D eigenvalue weighted by molar-refractivity contribution is -0.384. The van der Waals surface area contributed by atoms with E-state index in [1.54, 1.807) is 24.3 Å². The quantitative estimate of drug-likeness (QED) is 0.274. The number of carbonyl (C=O) groups excluding carboxylic acids is 1. The number of ketones is 1. The molecule has 0 amide bonds. The summed E-state index contributed by atoms with van der Waals surface area (Å²) in [5.41, 5.74) is 1.01. The molecule has 0 unspecified atom stereocenters. The topological polar surface area (TPSA) is 99.1 Å². The molecule has 0 atom stereocenters. The first kappa shape index (κ1) is 17.1. The highest BCUT2D eigenvalue weighted by molar-refractivity contribution is 7.99. The predicted molar refractivity (Wildman–Crippen MR) is 92.9 cm³/mol. The molecular weight excluding hydrogens is 366 g/mol. The molecule has 0 spiro atoms. The zero-order valence-corrected chi connectivity index (χ0v) is 14.2. The van der Waals surface area contributed by atoms with Crippen LogP contribution >= 0.6 is 23.4 Å². The first-order valence-electron chi connectivity index (χ1n) is 7.03. The molecule has 3 aromatic rings. The molecule has 1 aromatic heterocycles. The molecule has 7 nitrogen and oxygen atoms in total. The van der Waals surface area contributed by atoms with E-state index in [9.17, 15) is 14.9 Å². The lowest BCUT2D eigenvalue weighted by Crippen LogP contribution is -2.02. The van der Waals surface area contributed by atoms with Gasteiger partial charge < -0.3 is 4.42 Å². The summed E-state index contributed by atoms with van der Waals surface area (Å²) in [6, 6.07) is 12.4. The van der Waals surface area contributed by atoms with E-state index in [4.69, 9.17) is 16.0 Å². The highest BCUT2D eigenvalue weighted by Crippen LogP contribution is 2.25. The normalized spacial score (nSPS) is 10.6. The summed E-state index contributed by atoms with van der Waals surface area (Å²) in [6.45, 7) is 0. The lowest BCUT2D eigenvalue weighted by atomic mass is 10.1. The van der Waals surface area contributed by atoms with Crippen LogP contribution in [0.25, 0.3) is 11.5 Å². The van der Waals surface area contributed by atoms with Crippen molar-refractivity contribution < 1.29 is 14.1 Å². The highest BCUT2D eigenvalue weighted by atomic mass is 35.5. The van der Waals surface area contributed by atoms with Crippen LogP contribution in [-0.2, 0) is 0 Å². The van der Waals surface area contributed by atoms with E-state index in [1.807, 2.05) is 0 Å². The van der Waals surface area contributed by atoms with Crippen molar-refractivity contribution in [2.45, 2.75) is 5.22 Å². The fourth-order valence-electron chi connectivity index (χ4n) is 1.99. The number of rotatable bonds is 6. The maximum absolute atomic E-state index is 12.1. The maximum Gasteiger partial charge on any atom is 0.277 e. The second kappa shape index (κ2) is 7.45. The van der Waals surface area contributed by atoms with Crippen molar-refractivity contribution in [3.8, 4) is 11.5 Å². The zero-order chi connectivity index (χ0) is 17.8. The number of hydrogen-bond acceptors (Lipinski definition) is 7. The Kier molecular flexibility index (Phi) is 5.11. The maximum atomic E-state index is 12.1. The number of aromatic nitrogens is 2. The first-order chi connectivity index (χ1) is 12.0. The van der Waals surface area contributed by atoms with Crippen LogP contribution in [0.4, 0.5) is 5.69 Å². The van der Waals surface area contributed by atoms with Crippen LogP contribution in [0.15, 0.2) is 58.2 Å². The van der Waals surface area contributed by atoms with Gasteiger partial charge in [-0.1, -0.05) is 29.4 Å². The molecule has 2 aromatic carbocycles. The van der Waals surface area contributed by atoms with Crippen LogP contribution in [0.1, 0.15) is 10.4 Å². The number of nitro benzene ring substituents is 1. The van der Waals surface area contributed by atoms with Crippen molar-refractivity contribution in [2.75, 3.05) is 5.75 Å². The first-order valence-corrected chi connectivity index (χ1v) is 8.39. The third-order valence-corrected chi connectivity index (χ3v) is 4.26. The Balaban J connectivity index is 1.64. The molecule has 9 heteroatoms. The number of hydrogen-bond donors (Lipinski definition) is 0. The SMILES string of the molecule is O=C(CSc1nnc(-c2cccc(Cl)c2)o1)c1ccc([N+](=O)[O-])cc1. The minimum Gasteiger partial charge on any atom is -0.411 e. The third-order valence-electron chi connectivity index (χ3n) is 3.20. The van der Waals surface area contributed by atoms with Crippen LogP contribution in [0.2, 0.25) is 5.02 Å². The number of non-ortho nitro benzene ring substituents is 1. The Labute approximate surface area is 151 Å². The fraction of sp³-hybridized carbons (Fsp3) is 0.0625. The van der Waals surface area contributed by atoms with Gasteiger partial charge in [0.15, 0.2) is 5.78 Å². The zero-order valence-electron chi connectivity index (χ0n) is 12.6. The van der Waals surface area contributed by atoms with E-state index in [2.05, 4.69) is 10.2 Å². The number of nitro groups is 1. The molecule has 0 aliphatic carbocycles. The van der Waals surface area contributed by atoms with Crippen molar-refractivity contribution >= 4 is 34.8 Å². The van der Waals surface area contributed by atoms with Crippen molar-refractivity contribution in [3.05, 3.63) is 69.2 Å². The van der Waals surface area contributed by atoms with Gasteiger partial charge in [-0.2, -0.15) is 0 Å². The smallest absolute Gasteiger partial charge is 0.277 e. The van der Waals surface area contributed by atoms with Crippen molar-refractivity contribution in [2.24, 2.45) is 0 Å². The molecule has 0 aliphatic heterocycles. The summed E-state index contributed by atoms with van der Waals surface area (Å²) in [4.78, 5) is 22.2. The Morgan fingerprint density at radius 2 is 1.96 bits per heavy atom. The molecular formula is C16H10ClN3O4S. The van der Waals surface area contributed by atoms with Gasteiger partial charge in [0.2, 0.25) is 5.89 Å². The number of halogens is 1. The number of nitrogens with zero attached hydrogens (tertiary/aromatic N) is 3. The van der Waals surface area contributed by atoms with Crippen LogP contribution in [0.5, 0.6) is 0 Å².